The van der Waals surface area contributed by atoms with Crippen molar-refractivity contribution in [3.05, 3.63) is 36.2 Å². The Bertz CT molecular complexity index is 467. The van der Waals surface area contributed by atoms with Crippen LogP contribution in [0, 0.1) is 0 Å². The summed E-state index contributed by atoms with van der Waals surface area (Å²) in [5.41, 5.74) is 7.92. The van der Waals surface area contributed by atoms with Gasteiger partial charge < -0.3 is 5.73 Å². The fraction of sp³-hybridized carbons (Fsp3) is 0.273. The number of aryl methyl sites for hydroxylation is 2. The van der Waals surface area contributed by atoms with Gasteiger partial charge in [-0.15, -0.1) is 0 Å². The summed E-state index contributed by atoms with van der Waals surface area (Å²) in [5, 5.41) is 4.96. The van der Waals surface area contributed by atoms with Crippen molar-refractivity contribution in [1.29, 1.82) is 0 Å². The Morgan fingerprint density at radius 3 is 2.88 bits per heavy atom. The van der Waals surface area contributed by atoms with Crippen LogP contribution in [0.3, 0.4) is 0 Å². The molecule has 0 unspecified atom stereocenters. The minimum absolute atomic E-state index is 0.862. The van der Waals surface area contributed by atoms with Gasteiger partial charge in [0.05, 0.1) is 0 Å². The summed E-state index contributed by atoms with van der Waals surface area (Å²) in [5.74, 6) is 0.959. The maximum absolute atomic E-state index is 5.87. The number of anilines is 1. The fourth-order valence-corrected chi connectivity index (χ4v) is 2.29. The second kappa shape index (κ2) is 5.03. The van der Waals surface area contributed by atoms with Gasteiger partial charge in [0.1, 0.15) is 6.33 Å². The Balaban J connectivity index is 1.89. The summed E-state index contributed by atoms with van der Waals surface area (Å²) in [6.45, 7) is 0. The standard InChI is InChI=1S/C11H14N4S/c1-15-11(13-8-14-15)16-7-6-9-4-2-3-5-10(9)12/h2-5,8H,6-7,12H2,1H3. The van der Waals surface area contributed by atoms with E-state index in [9.17, 15) is 0 Å². The van der Waals surface area contributed by atoms with Gasteiger partial charge in [-0.1, -0.05) is 30.0 Å². The molecule has 0 amide bonds. The second-order valence-corrected chi connectivity index (χ2v) is 4.53. The van der Waals surface area contributed by atoms with E-state index in [4.69, 9.17) is 5.73 Å². The van der Waals surface area contributed by atoms with Crippen molar-refractivity contribution in [2.75, 3.05) is 11.5 Å². The van der Waals surface area contributed by atoms with Gasteiger partial charge in [0.15, 0.2) is 5.16 Å². The SMILES string of the molecule is Cn1ncnc1SCCc1ccccc1N. The molecule has 0 aliphatic heterocycles. The van der Waals surface area contributed by atoms with Gasteiger partial charge in [0.25, 0.3) is 0 Å². The third kappa shape index (κ3) is 2.55. The van der Waals surface area contributed by atoms with Crippen LogP contribution in [-0.2, 0) is 13.5 Å². The molecule has 1 heterocycles. The number of nitrogens with zero attached hydrogens (tertiary/aromatic N) is 3. The third-order valence-corrected chi connectivity index (χ3v) is 3.36. The molecule has 0 atom stereocenters. The first-order valence-electron chi connectivity index (χ1n) is 5.07. The molecule has 0 spiro atoms. The molecule has 0 fully saturated rings. The molecule has 0 saturated carbocycles. The van der Waals surface area contributed by atoms with Crippen LogP contribution in [0.1, 0.15) is 5.56 Å². The highest BCUT2D eigenvalue weighted by Gasteiger charge is 2.02. The molecule has 0 aliphatic rings. The predicted molar refractivity (Wildman–Crippen MR) is 66.3 cm³/mol. The molecule has 2 aromatic rings. The van der Waals surface area contributed by atoms with E-state index < -0.39 is 0 Å². The summed E-state index contributed by atoms with van der Waals surface area (Å²) >= 11 is 1.69. The second-order valence-electron chi connectivity index (χ2n) is 3.46. The van der Waals surface area contributed by atoms with Crippen molar-refractivity contribution in [3.8, 4) is 0 Å². The van der Waals surface area contributed by atoms with Gasteiger partial charge in [-0.2, -0.15) is 5.10 Å². The van der Waals surface area contributed by atoms with Gasteiger partial charge in [-0.05, 0) is 18.1 Å². The first kappa shape index (κ1) is 11.0. The lowest BCUT2D eigenvalue weighted by molar-refractivity contribution is 0.685. The first-order valence-corrected chi connectivity index (χ1v) is 6.06. The van der Waals surface area contributed by atoms with E-state index >= 15 is 0 Å². The minimum Gasteiger partial charge on any atom is -0.399 e. The zero-order valence-electron chi connectivity index (χ0n) is 9.13. The molecule has 1 aromatic heterocycles. The summed E-state index contributed by atoms with van der Waals surface area (Å²) in [7, 11) is 1.90. The Morgan fingerprint density at radius 2 is 2.19 bits per heavy atom. The topological polar surface area (TPSA) is 56.7 Å². The van der Waals surface area contributed by atoms with Gasteiger partial charge in [0, 0.05) is 18.5 Å². The third-order valence-electron chi connectivity index (χ3n) is 2.33. The predicted octanol–water partition coefficient (Wildman–Crippen LogP) is 1.73. The molecule has 0 radical (unpaired) electrons. The van der Waals surface area contributed by atoms with E-state index in [1.54, 1.807) is 22.8 Å². The van der Waals surface area contributed by atoms with Crippen LogP contribution in [0.25, 0.3) is 0 Å². The number of para-hydroxylation sites is 1. The monoisotopic (exact) mass is 234 g/mol. The van der Waals surface area contributed by atoms with Crippen LogP contribution in [0.2, 0.25) is 0 Å². The maximum atomic E-state index is 5.87. The number of nitrogen functional groups attached to an aromatic ring is 1. The summed E-state index contributed by atoms with van der Waals surface area (Å²) in [4.78, 5) is 4.15. The van der Waals surface area contributed by atoms with Crippen LogP contribution in [0.5, 0.6) is 0 Å². The van der Waals surface area contributed by atoms with Crippen LogP contribution >= 0.6 is 11.8 Å². The number of hydrogen-bond acceptors (Lipinski definition) is 4. The summed E-state index contributed by atoms with van der Waals surface area (Å²) in [6.07, 6.45) is 2.52. The van der Waals surface area contributed by atoms with Crippen LogP contribution in [-0.4, -0.2) is 20.5 Å². The number of rotatable bonds is 4. The Morgan fingerprint density at radius 1 is 1.38 bits per heavy atom. The van der Waals surface area contributed by atoms with E-state index in [-0.39, 0.29) is 0 Å². The average molecular weight is 234 g/mol. The molecule has 1 aromatic carbocycles. The number of aromatic nitrogens is 3. The highest BCUT2D eigenvalue weighted by molar-refractivity contribution is 7.99. The van der Waals surface area contributed by atoms with Crippen LogP contribution in [0.15, 0.2) is 35.7 Å². The van der Waals surface area contributed by atoms with Gasteiger partial charge in [-0.25, -0.2) is 9.67 Å². The first-order chi connectivity index (χ1) is 7.77. The van der Waals surface area contributed by atoms with Crippen molar-refractivity contribution in [2.45, 2.75) is 11.6 Å². The lowest BCUT2D eigenvalue weighted by Gasteiger charge is -2.04. The van der Waals surface area contributed by atoms with E-state index in [1.165, 1.54) is 5.56 Å². The number of nitrogens with two attached hydrogens (primary N) is 1. The van der Waals surface area contributed by atoms with Crippen molar-refractivity contribution in [3.63, 3.8) is 0 Å². The molecule has 16 heavy (non-hydrogen) atoms. The number of hydrogen-bond donors (Lipinski definition) is 1. The lowest BCUT2D eigenvalue weighted by atomic mass is 10.1. The molecule has 5 heteroatoms. The van der Waals surface area contributed by atoms with Crippen LogP contribution in [0.4, 0.5) is 5.69 Å². The number of benzene rings is 1. The maximum Gasteiger partial charge on any atom is 0.185 e. The smallest absolute Gasteiger partial charge is 0.185 e. The molecule has 4 nitrogen and oxygen atoms in total. The molecule has 0 aliphatic carbocycles. The molecular weight excluding hydrogens is 220 g/mol. The largest absolute Gasteiger partial charge is 0.399 e. The molecule has 0 saturated heterocycles. The Labute approximate surface area is 98.9 Å². The molecule has 2 rings (SSSR count). The molecule has 84 valence electrons. The molecule has 2 N–H and O–H groups in total. The summed E-state index contributed by atoms with van der Waals surface area (Å²) < 4.78 is 1.78. The Kier molecular flexibility index (Phi) is 3.46. The fourth-order valence-electron chi connectivity index (χ4n) is 1.43. The van der Waals surface area contributed by atoms with E-state index in [0.29, 0.717) is 0 Å². The highest BCUT2D eigenvalue weighted by Crippen LogP contribution is 2.18. The normalized spacial score (nSPS) is 10.6. The van der Waals surface area contributed by atoms with Crippen molar-refractivity contribution < 1.29 is 0 Å². The quantitative estimate of drug-likeness (QED) is 0.646. The van der Waals surface area contributed by atoms with E-state index in [2.05, 4.69) is 16.1 Å². The van der Waals surface area contributed by atoms with Gasteiger partial charge >= 0.3 is 0 Å². The molecular formula is C11H14N4S. The highest BCUT2D eigenvalue weighted by atomic mass is 32.2. The summed E-state index contributed by atoms with van der Waals surface area (Å²) in [6, 6.07) is 7.96. The zero-order valence-corrected chi connectivity index (χ0v) is 9.94. The van der Waals surface area contributed by atoms with Crippen molar-refractivity contribution in [2.24, 2.45) is 7.05 Å². The van der Waals surface area contributed by atoms with E-state index in [1.807, 2.05) is 25.2 Å². The van der Waals surface area contributed by atoms with Crippen molar-refractivity contribution in [1.82, 2.24) is 14.8 Å². The van der Waals surface area contributed by atoms with E-state index in [0.717, 1.165) is 23.0 Å². The average Bonchev–Trinajstić information content (AvgIpc) is 2.67. The minimum atomic E-state index is 0.862. The zero-order chi connectivity index (χ0) is 11.4. The van der Waals surface area contributed by atoms with Crippen molar-refractivity contribution >= 4 is 17.4 Å². The Hall–Kier alpha value is -1.49. The number of thioether (sulfide) groups is 1. The lowest BCUT2D eigenvalue weighted by Crippen LogP contribution is -1.98. The van der Waals surface area contributed by atoms with Gasteiger partial charge in [-0.3, -0.25) is 0 Å². The molecule has 0 bridgehead atoms. The van der Waals surface area contributed by atoms with Gasteiger partial charge in [0.2, 0.25) is 0 Å². The van der Waals surface area contributed by atoms with Crippen LogP contribution < -0.4 is 5.73 Å².